The minimum atomic E-state index is -4.56. The number of esters is 1. The molecule has 1 heterocycles. The topological polar surface area (TPSA) is 77.8 Å². The van der Waals surface area contributed by atoms with Gasteiger partial charge in [0.2, 0.25) is 5.76 Å². The molecule has 2 rings (SSSR count). The molecule has 26 heavy (non-hydrogen) atoms. The van der Waals surface area contributed by atoms with E-state index in [1.54, 1.807) is 5.32 Å². The Labute approximate surface area is 144 Å². The molecule has 140 valence electrons. The van der Waals surface area contributed by atoms with Crippen LogP contribution in [0.25, 0.3) is 0 Å². The maximum absolute atomic E-state index is 12.8. The van der Waals surface area contributed by atoms with Crippen molar-refractivity contribution in [3.63, 3.8) is 0 Å². The Balaban J connectivity index is 1.78. The standard InChI is InChI=1S/C16H13F4NO5/c17-10-1-3-11(4-2-10)24-7-12-5-6-13(26-12)15(23)25-8-14(22)21-9-16(18,19)20/h1-6H,7-9H2,(H,21,22). The summed E-state index contributed by atoms with van der Waals surface area (Å²) < 4.78 is 63.6. The van der Waals surface area contributed by atoms with Crippen LogP contribution in [0.2, 0.25) is 0 Å². The Bertz CT molecular complexity index is 755. The minimum absolute atomic E-state index is 0.0506. The molecule has 0 aliphatic heterocycles. The molecular formula is C16H13F4NO5. The molecule has 0 bridgehead atoms. The lowest BCUT2D eigenvalue weighted by atomic mass is 10.3. The molecule has 6 nitrogen and oxygen atoms in total. The number of alkyl halides is 3. The average molecular weight is 375 g/mol. The van der Waals surface area contributed by atoms with Crippen LogP contribution in [-0.4, -0.2) is 31.2 Å². The summed E-state index contributed by atoms with van der Waals surface area (Å²) >= 11 is 0. The molecule has 2 aromatic rings. The first kappa shape index (κ1) is 19.3. The van der Waals surface area contributed by atoms with Gasteiger partial charge < -0.3 is 19.2 Å². The van der Waals surface area contributed by atoms with Gasteiger partial charge in [-0.2, -0.15) is 13.2 Å². The maximum Gasteiger partial charge on any atom is 0.405 e. The maximum atomic E-state index is 12.8. The third kappa shape index (κ3) is 6.46. The van der Waals surface area contributed by atoms with Crippen LogP contribution in [0.5, 0.6) is 5.75 Å². The number of halogens is 4. The van der Waals surface area contributed by atoms with Crippen LogP contribution in [0.1, 0.15) is 16.3 Å². The number of carbonyl (C=O) groups excluding carboxylic acids is 2. The van der Waals surface area contributed by atoms with Crippen LogP contribution in [0.15, 0.2) is 40.8 Å². The van der Waals surface area contributed by atoms with Crippen LogP contribution >= 0.6 is 0 Å². The van der Waals surface area contributed by atoms with Gasteiger partial charge in [0.1, 0.15) is 30.5 Å². The fraction of sp³-hybridized carbons (Fsp3) is 0.250. The summed E-state index contributed by atoms with van der Waals surface area (Å²) in [6, 6.07) is 7.93. The van der Waals surface area contributed by atoms with Gasteiger partial charge in [-0.3, -0.25) is 4.79 Å². The van der Waals surface area contributed by atoms with Gasteiger partial charge in [-0.25, -0.2) is 9.18 Å². The summed E-state index contributed by atoms with van der Waals surface area (Å²) in [6.45, 7) is -2.45. The Kier molecular flexibility index (Phi) is 6.21. The number of ether oxygens (including phenoxy) is 2. The van der Waals surface area contributed by atoms with E-state index in [2.05, 4.69) is 4.74 Å². The molecule has 0 aliphatic carbocycles. The lowest BCUT2D eigenvalue weighted by Gasteiger charge is -2.08. The highest BCUT2D eigenvalue weighted by molar-refractivity contribution is 5.88. The summed E-state index contributed by atoms with van der Waals surface area (Å²) in [6.07, 6.45) is -4.56. The van der Waals surface area contributed by atoms with E-state index in [1.807, 2.05) is 0 Å². The predicted octanol–water partition coefficient (Wildman–Crippen LogP) is 2.83. The molecular weight excluding hydrogens is 362 g/mol. The number of nitrogens with one attached hydrogen (secondary N) is 1. The van der Waals surface area contributed by atoms with Gasteiger partial charge in [-0.1, -0.05) is 0 Å². The summed E-state index contributed by atoms with van der Waals surface area (Å²) in [7, 11) is 0. The fourth-order valence-corrected chi connectivity index (χ4v) is 1.70. The monoisotopic (exact) mass is 375 g/mol. The van der Waals surface area contributed by atoms with Crippen molar-refractivity contribution in [2.24, 2.45) is 0 Å². The van der Waals surface area contributed by atoms with Crippen LogP contribution in [0.3, 0.4) is 0 Å². The third-order valence-electron chi connectivity index (χ3n) is 2.88. The van der Waals surface area contributed by atoms with Crippen molar-refractivity contribution in [3.8, 4) is 5.75 Å². The first-order chi connectivity index (χ1) is 12.2. The molecule has 1 aromatic heterocycles. The Morgan fingerprint density at radius 1 is 1.08 bits per heavy atom. The van der Waals surface area contributed by atoms with Gasteiger partial charge in [-0.15, -0.1) is 0 Å². The van der Waals surface area contributed by atoms with E-state index in [0.717, 1.165) is 0 Å². The highest BCUT2D eigenvalue weighted by Gasteiger charge is 2.28. The molecule has 0 spiro atoms. The zero-order valence-electron chi connectivity index (χ0n) is 13.1. The van der Waals surface area contributed by atoms with Crippen molar-refractivity contribution in [2.75, 3.05) is 13.2 Å². The van der Waals surface area contributed by atoms with Crippen LogP contribution in [-0.2, 0) is 16.1 Å². The second-order valence-corrected chi connectivity index (χ2v) is 4.98. The van der Waals surface area contributed by atoms with E-state index in [9.17, 15) is 27.2 Å². The molecule has 10 heteroatoms. The van der Waals surface area contributed by atoms with Crippen LogP contribution in [0.4, 0.5) is 17.6 Å². The third-order valence-corrected chi connectivity index (χ3v) is 2.88. The number of hydrogen-bond donors (Lipinski definition) is 1. The molecule has 0 fully saturated rings. The number of amides is 1. The number of hydrogen-bond acceptors (Lipinski definition) is 5. The number of carbonyl (C=O) groups is 2. The van der Waals surface area contributed by atoms with Crippen LogP contribution in [0, 0.1) is 5.82 Å². The lowest BCUT2D eigenvalue weighted by Crippen LogP contribution is -2.36. The molecule has 1 aromatic carbocycles. The van der Waals surface area contributed by atoms with E-state index in [-0.39, 0.29) is 18.1 Å². The molecule has 0 saturated carbocycles. The summed E-state index contributed by atoms with van der Waals surface area (Å²) in [5.41, 5.74) is 0. The summed E-state index contributed by atoms with van der Waals surface area (Å²) in [5.74, 6) is -2.13. The molecule has 0 atom stereocenters. The van der Waals surface area contributed by atoms with Gasteiger partial charge in [0.15, 0.2) is 6.61 Å². The summed E-state index contributed by atoms with van der Waals surface area (Å²) in [4.78, 5) is 22.8. The number of benzene rings is 1. The van der Waals surface area contributed by atoms with E-state index < -0.39 is 37.0 Å². The quantitative estimate of drug-likeness (QED) is 0.595. The number of furan rings is 1. The highest BCUT2D eigenvalue weighted by atomic mass is 19.4. The van der Waals surface area contributed by atoms with E-state index in [1.165, 1.54) is 36.4 Å². The van der Waals surface area contributed by atoms with Gasteiger partial charge in [0, 0.05) is 0 Å². The van der Waals surface area contributed by atoms with Crippen LogP contribution < -0.4 is 10.1 Å². The highest BCUT2D eigenvalue weighted by Crippen LogP contribution is 2.16. The predicted molar refractivity (Wildman–Crippen MR) is 78.8 cm³/mol. The van der Waals surface area contributed by atoms with Crippen molar-refractivity contribution in [1.82, 2.24) is 5.32 Å². The normalized spacial score (nSPS) is 11.1. The fourth-order valence-electron chi connectivity index (χ4n) is 1.70. The van der Waals surface area contributed by atoms with Crippen molar-refractivity contribution in [3.05, 3.63) is 53.7 Å². The zero-order valence-corrected chi connectivity index (χ0v) is 13.1. The molecule has 1 N–H and O–H groups in total. The Morgan fingerprint density at radius 3 is 2.42 bits per heavy atom. The lowest BCUT2D eigenvalue weighted by molar-refractivity contribution is -0.140. The molecule has 0 aliphatic rings. The Hall–Kier alpha value is -3.04. The first-order valence-corrected chi connectivity index (χ1v) is 7.20. The summed E-state index contributed by atoms with van der Waals surface area (Å²) in [5, 5.41) is 1.56. The zero-order chi connectivity index (χ0) is 19.2. The number of rotatable bonds is 7. The smallest absolute Gasteiger partial charge is 0.405 e. The van der Waals surface area contributed by atoms with Crippen molar-refractivity contribution in [1.29, 1.82) is 0 Å². The van der Waals surface area contributed by atoms with Gasteiger partial charge >= 0.3 is 12.1 Å². The SMILES string of the molecule is O=C(COC(=O)c1ccc(COc2ccc(F)cc2)o1)NCC(F)(F)F. The first-order valence-electron chi connectivity index (χ1n) is 7.20. The van der Waals surface area contributed by atoms with E-state index >= 15 is 0 Å². The molecule has 0 saturated heterocycles. The second kappa shape index (κ2) is 8.37. The molecule has 0 unspecified atom stereocenters. The van der Waals surface area contributed by atoms with Gasteiger partial charge in [-0.05, 0) is 36.4 Å². The minimum Gasteiger partial charge on any atom is -0.486 e. The van der Waals surface area contributed by atoms with Gasteiger partial charge in [0.25, 0.3) is 5.91 Å². The largest absolute Gasteiger partial charge is 0.486 e. The van der Waals surface area contributed by atoms with Crippen molar-refractivity contribution in [2.45, 2.75) is 12.8 Å². The van der Waals surface area contributed by atoms with Crippen molar-refractivity contribution < 1.29 is 41.0 Å². The Morgan fingerprint density at radius 2 is 1.77 bits per heavy atom. The molecule has 1 amide bonds. The molecule has 0 radical (unpaired) electrons. The van der Waals surface area contributed by atoms with E-state index in [0.29, 0.717) is 5.75 Å². The van der Waals surface area contributed by atoms with Crippen molar-refractivity contribution >= 4 is 11.9 Å². The van der Waals surface area contributed by atoms with Gasteiger partial charge in [0.05, 0.1) is 0 Å². The average Bonchev–Trinajstić information content (AvgIpc) is 3.06. The second-order valence-electron chi connectivity index (χ2n) is 4.98. The van der Waals surface area contributed by atoms with E-state index in [4.69, 9.17) is 9.15 Å².